The summed E-state index contributed by atoms with van der Waals surface area (Å²) < 4.78 is 53.9. The predicted octanol–water partition coefficient (Wildman–Crippen LogP) is 3.42. The first-order valence-corrected chi connectivity index (χ1v) is 9.28. The molecule has 0 aliphatic heterocycles. The van der Waals surface area contributed by atoms with Gasteiger partial charge >= 0.3 is 12.1 Å². The number of ether oxygens (including phenoxy) is 2. The number of halogens is 3. The molecule has 3 N–H and O–H groups in total. The summed E-state index contributed by atoms with van der Waals surface area (Å²) in [7, 11) is 2.76. The molecule has 0 aliphatic carbocycles. The third kappa shape index (κ3) is 4.91. The molecule has 0 bridgehead atoms. The standard InChI is InChI=1S/C20H16F3N3O5S/c1-29-12-4-3-5-13(30-2)16(12)18(28)24-19(32)26-25-17(27)15-8-10-6-7-11(20(21,22)23)9-14(10)31-15/h3-9H,1-2H3,(H,25,27)(H2,24,26,28,32). The van der Waals surface area contributed by atoms with E-state index in [9.17, 15) is 22.8 Å². The zero-order valence-corrected chi connectivity index (χ0v) is 17.4. The van der Waals surface area contributed by atoms with Crippen LogP contribution in [0.15, 0.2) is 46.9 Å². The summed E-state index contributed by atoms with van der Waals surface area (Å²) in [5.74, 6) is -1.24. The Morgan fingerprint density at radius 3 is 2.22 bits per heavy atom. The lowest BCUT2D eigenvalue weighted by Crippen LogP contribution is -2.48. The number of furan rings is 1. The zero-order valence-electron chi connectivity index (χ0n) is 16.6. The van der Waals surface area contributed by atoms with Gasteiger partial charge < -0.3 is 13.9 Å². The van der Waals surface area contributed by atoms with Crippen molar-refractivity contribution in [2.24, 2.45) is 0 Å². The Hall–Kier alpha value is -3.80. The molecule has 2 amide bonds. The Kier molecular flexibility index (Phi) is 6.53. The summed E-state index contributed by atoms with van der Waals surface area (Å²) in [6.45, 7) is 0. The van der Waals surface area contributed by atoms with Crippen molar-refractivity contribution in [1.29, 1.82) is 0 Å². The van der Waals surface area contributed by atoms with E-state index in [1.54, 1.807) is 18.2 Å². The zero-order chi connectivity index (χ0) is 23.5. The Morgan fingerprint density at radius 1 is 0.969 bits per heavy atom. The molecular weight excluding hydrogens is 451 g/mol. The quantitative estimate of drug-likeness (QED) is 0.399. The van der Waals surface area contributed by atoms with E-state index in [4.69, 9.17) is 26.1 Å². The number of rotatable bonds is 4. The van der Waals surface area contributed by atoms with Gasteiger partial charge in [0.1, 0.15) is 22.6 Å². The molecule has 0 saturated heterocycles. The second kappa shape index (κ2) is 9.14. The minimum Gasteiger partial charge on any atom is -0.496 e. The van der Waals surface area contributed by atoms with Gasteiger partial charge in [0.15, 0.2) is 10.9 Å². The van der Waals surface area contributed by atoms with Crippen molar-refractivity contribution < 1.29 is 36.7 Å². The smallest absolute Gasteiger partial charge is 0.416 e. The molecule has 0 radical (unpaired) electrons. The number of alkyl halides is 3. The lowest BCUT2D eigenvalue weighted by molar-refractivity contribution is -0.137. The van der Waals surface area contributed by atoms with Crippen molar-refractivity contribution in [3.63, 3.8) is 0 Å². The molecule has 32 heavy (non-hydrogen) atoms. The predicted molar refractivity (Wildman–Crippen MR) is 111 cm³/mol. The number of hydrazine groups is 1. The third-order valence-electron chi connectivity index (χ3n) is 4.24. The molecule has 2 aromatic carbocycles. The Labute approximate surface area is 184 Å². The van der Waals surface area contributed by atoms with Crippen LogP contribution in [0.5, 0.6) is 11.5 Å². The number of hydrogen-bond donors (Lipinski definition) is 3. The van der Waals surface area contributed by atoms with Gasteiger partial charge in [-0.15, -0.1) is 0 Å². The van der Waals surface area contributed by atoms with Crippen LogP contribution < -0.4 is 25.6 Å². The number of carbonyl (C=O) groups is 2. The summed E-state index contributed by atoms with van der Waals surface area (Å²) in [4.78, 5) is 24.8. The second-order valence-corrected chi connectivity index (χ2v) is 6.67. The van der Waals surface area contributed by atoms with Crippen molar-refractivity contribution in [3.05, 3.63) is 59.4 Å². The van der Waals surface area contributed by atoms with Gasteiger partial charge in [-0.3, -0.25) is 25.8 Å². The molecule has 0 aliphatic rings. The molecule has 3 aromatic rings. The number of carbonyl (C=O) groups excluding carboxylic acids is 2. The van der Waals surface area contributed by atoms with Crippen molar-refractivity contribution in [2.45, 2.75) is 6.18 Å². The molecule has 0 unspecified atom stereocenters. The van der Waals surface area contributed by atoms with Crippen molar-refractivity contribution in [2.75, 3.05) is 14.2 Å². The highest BCUT2D eigenvalue weighted by Gasteiger charge is 2.31. The van der Waals surface area contributed by atoms with E-state index in [-0.39, 0.29) is 33.5 Å². The molecule has 0 spiro atoms. The van der Waals surface area contributed by atoms with Crippen molar-refractivity contribution >= 4 is 40.1 Å². The number of fused-ring (bicyclic) bond motifs is 1. The fraction of sp³-hybridized carbons (Fsp3) is 0.150. The normalized spacial score (nSPS) is 11.0. The van der Waals surface area contributed by atoms with E-state index >= 15 is 0 Å². The number of amides is 2. The maximum absolute atomic E-state index is 12.8. The lowest BCUT2D eigenvalue weighted by atomic mass is 10.1. The van der Waals surface area contributed by atoms with Crippen LogP contribution in [-0.4, -0.2) is 31.1 Å². The van der Waals surface area contributed by atoms with Crippen LogP contribution in [0.2, 0.25) is 0 Å². The molecule has 168 valence electrons. The number of benzene rings is 2. The second-order valence-electron chi connectivity index (χ2n) is 6.26. The topological polar surface area (TPSA) is 102 Å². The van der Waals surface area contributed by atoms with Crippen LogP contribution in [-0.2, 0) is 6.18 Å². The highest BCUT2D eigenvalue weighted by Crippen LogP contribution is 2.32. The van der Waals surface area contributed by atoms with Gasteiger partial charge in [-0.25, -0.2) is 0 Å². The van der Waals surface area contributed by atoms with E-state index in [2.05, 4.69) is 16.2 Å². The first kappa shape index (κ1) is 22.9. The highest BCUT2D eigenvalue weighted by molar-refractivity contribution is 7.80. The maximum Gasteiger partial charge on any atom is 0.416 e. The SMILES string of the molecule is COc1cccc(OC)c1C(=O)NC(=S)NNC(=O)c1cc2ccc(C(F)(F)F)cc2o1. The van der Waals surface area contributed by atoms with E-state index in [0.29, 0.717) is 5.39 Å². The first-order chi connectivity index (χ1) is 15.1. The summed E-state index contributed by atoms with van der Waals surface area (Å²) >= 11 is 4.98. The number of thiocarbonyl (C=S) groups is 1. The maximum atomic E-state index is 12.8. The fourth-order valence-corrected chi connectivity index (χ4v) is 2.91. The van der Waals surface area contributed by atoms with E-state index in [0.717, 1.165) is 12.1 Å². The third-order valence-corrected chi connectivity index (χ3v) is 4.45. The summed E-state index contributed by atoms with van der Waals surface area (Å²) in [6, 6.07) is 8.89. The molecule has 1 heterocycles. The molecule has 12 heteroatoms. The van der Waals surface area contributed by atoms with E-state index < -0.39 is 23.6 Å². The Bertz CT molecular complexity index is 1170. The summed E-state index contributed by atoms with van der Waals surface area (Å²) in [5, 5.41) is 2.40. The van der Waals surface area contributed by atoms with Gasteiger partial charge in [-0.05, 0) is 42.5 Å². The van der Waals surface area contributed by atoms with E-state index in [1.165, 1.54) is 26.4 Å². The minimum absolute atomic E-state index is 0.0886. The van der Waals surface area contributed by atoms with Crippen LogP contribution in [0.4, 0.5) is 13.2 Å². The van der Waals surface area contributed by atoms with Gasteiger partial charge in [-0.1, -0.05) is 12.1 Å². The monoisotopic (exact) mass is 467 g/mol. The van der Waals surface area contributed by atoms with Gasteiger partial charge in [0.2, 0.25) is 0 Å². The molecule has 0 saturated carbocycles. The number of methoxy groups -OCH3 is 2. The summed E-state index contributed by atoms with van der Waals surface area (Å²) in [6.07, 6.45) is -4.54. The Morgan fingerprint density at radius 2 is 1.62 bits per heavy atom. The summed E-state index contributed by atoms with van der Waals surface area (Å²) in [5.41, 5.74) is 3.59. The largest absolute Gasteiger partial charge is 0.496 e. The number of hydrogen-bond acceptors (Lipinski definition) is 6. The van der Waals surface area contributed by atoms with Crippen LogP contribution in [0.25, 0.3) is 11.0 Å². The average molecular weight is 467 g/mol. The molecule has 8 nitrogen and oxygen atoms in total. The molecule has 1 aromatic heterocycles. The highest BCUT2D eigenvalue weighted by atomic mass is 32.1. The first-order valence-electron chi connectivity index (χ1n) is 8.87. The fourth-order valence-electron chi connectivity index (χ4n) is 2.77. The Balaban J connectivity index is 1.65. The molecule has 0 atom stereocenters. The van der Waals surface area contributed by atoms with Gasteiger partial charge in [0.25, 0.3) is 5.91 Å². The molecule has 3 rings (SSSR count). The van der Waals surface area contributed by atoms with Crippen LogP contribution in [0, 0.1) is 0 Å². The molecule has 0 fully saturated rings. The van der Waals surface area contributed by atoms with Gasteiger partial charge in [-0.2, -0.15) is 13.2 Å². The van der Waals surface area contributed by atoms with Crippen LogP contribution >= 0.6 is 12.2 Å². The lowest BCUT2D eigenvalue weighted by Gasteiger charge is -2.14. The van der Waals surface area contributed by atoms with Gasteiger partial charge in [0, 0.05) is 5.39 Å². The molecular formula is C20H16F3N3O5S. The van der Waals surface area contributed by atoms with Crippen LogP contribution in [0.1, 0.15) is 26.5 Å². The van der Waals surface area contributed by atoms with Crippen molar-refractivity contribution in [3.8, 4) is 11.5 Å². The minimum atomic E-state index is -4.54. The average Bonchev–Trinajstić information content (AvgIpc) is 3.19. The van der Waals surface area contributed by atoms with E-state index in [1.807, 2.05) is 0 Å². The van der Waals surface area contributed by atoms with Crippen LogP contribution in [0.3, 0.4) is 0 Å². The number of nitrogens with one attached hydrogen (secondary N) is 3. The van der Waals surface area contributed by atoms with Crippen molar-refractivity contribution in [1.82, 2.24) is 16.2 Å². The van der Waals surface area contributed by atoms with Gasteiger partial charge in [0.05, 0.1) is 19.8 Å².